The minimum absolute atomic E-state index is 0.0157. The molecule has 0 aromatic carbocycles. The minimum Gasteiger partial charge on any atom is -0.392 e. The van der Waals surface area contributed by atoms with E-state index in [1.807, 2.05) is 6.92 Å². The van der Waals surface area contributed by atoms with Gasteiger partial charge < -0.3 is 20.1 Å². The second-order valence-corrected chi connectivity index (χ2v) is 4.92. The largest absolute Gasteiger partial charge is 0.392 e. The number of ether oxygens (including phenoxy) is 2. The number of amides is 1. The molecular weight excluding hydrogens is 252 g/mol. The predicted octanol–water partition coefficient (Wildman–Crippen LogP) is 0.564. The molecule has 2 N–H and O–H groups in total. The molecule has 0 unspecified atom stereocenters. The van der Waals surface area contributed by atoms with Crippen molar-refractivity contribution < 1.29 is 14.3 Å². The quantitative estimate of drug-likeness (QED) is 0.566. The summed E-state index contributed by atoms with van der Waals surface area (Å²) in [6, 6.07) is 0. The maximum Gasteiger partial charge on any atom is 0.235 e. The van der Waals surface area contributed by atoms with E-state index in [1.54, 1.807) is 11.9 Å². The number of nitrogens with zero attached hydrogens (tertiary/aromatic N) is 1. The van der Waals surface area contributed by atoms with Gasteiger partial charge in [-0.1, -0.05) is 12.2 Å². The van der Waals surface area contributed by atoms with E-state index in [0.717, 1.165) is 0 Å². The normalized spacial score (nSPS) is 18.3. The van der Waals surface area contributed by atoms with Crippen LogP contribution in [0.1, 0.15) is 19.8 Å². The number of hydrogen-bond donors (Lipinski definition) is 1. The zero-order chi connectivity index (χ0) is 13.6. The van der Waals surface area contributed by atoms with Gasteiger partial charge in [-0.15, -0.1) is 0 Å². The third-order valence-electron chi connectivity index (χ3n) is 3.35. The van der Waals surface area contributed by atoms with E-state index in [4.69, 9.17) is 27.4 Å². The highest BCUT2D eigenvalue weighted by atomic mass is 32.1. The molecule has 0 radical (unpaired) electrons. The second kappa shape index (κ2) is 7.01. The lowest BCUT2D eigenvalue weighted by Gasteiger charge is -2.37. The Bertz CT molecular complexity index is 304. The van der Waals surface area contributed by atoms with E-state index in [9.17, 15) is 4.79 Å². The van der Waals surface area contributed by atoms with Crippen LogP contribution in [0, 0.1) is 5.41 Å². The molecule has 1 saturated heterocycles. The van der Waals surface area contributed by atoms with Crippen molar-refractivity contribution in [3.63, 3.8) is 0 Å². The molecule has 0 aromatic rings. The monoisotopic (exact) mass is 274 g/mol. The summed E-state index contributed by atoms with van der Waals surface area (Å²) in [4.78, 5) is 14.4. The highest BCUT2D eigenvalue weighted by molar-refractivity contribution is 7.80. The van der Waals surface area contributed by atoms with Gasteiger partial charge in [0.2, 0.25) is 5.91 Å². The molecule has 1 rings (SSSR count). The van der Waals surface area contributed by atoms with Crippen LogP contribution in [-0.2, 0) is 14.3 Å². The second-order valence-electron chi connectivity index (χ2n) is 4.48. The summed E-state index contributed by atoms with van der Waals surface area (Å²) in [5.74, 6) is -0.0157. The van der Waals surface area contributed by atoms with Crippen LogP contribution in [0.4, 0.5) is 0 Å². The van der Waals surface area contributed by atoms with E-state index in [1.165, 1.54) is 0 Å². The summed E-state index contributed by atoms with van der Waals surface area (Å²) in [5.41, 5.74) is 5.07. The fourth-order valence-electron chi connectivity index (χ4n) is 2.10. The lowest BCUT2D eigenvalue weighted by atomic mass is 9.78. The van der Waals surface area contributed by atoms with Gasteiger partial charge in [-0.05, 0) is 19.8 Å². The third-order valence-corrected chi connectivity index (χ3v) is 3.74. The fourth-order valence-corrected chi connectivity index (χ4v) is 2.39. The average Bonchev–Trinajstić information content (AvgIpc) is 2.38. The standard InChI is InChI=1S/C12H22N2O3S/c1-3-16-9-6-14(2)11(15)12(10(13)18)4-7-17-8-5-12/h3-9H2,1-2H3,(H2,13,18). The molecule has 0 aromatic heterocycles. The molecule has 0 saturated carbocycles. The molecule has 1 amide bonds. The summed E-state index contributed by atoms with van der Waals surface area (Å²) in [6.45, 7) is 4.72. The van der Waals surface area contributed by atoms with Crippen LogP contribution in [0.15, 0.2) is 0 Å². The van der Waals surface area contributed by atoms with Crippen LogP contribution in [-0.4, -0.2) is 55.8 Å². The van der Waals surface area contributed by atoms with Gasteiger partial charge in [0.05, 0.1) is 11.6 Å². The van der Waals surface area contributed by atoms with Crippen molar-refractivity contribution in [2.24, 2.45) is 11.1 Å². The Kier molecular flexibility index (Phi) is 5.98. The van der Waals surface area contributed by atoms with Crippen molar-refractivity contribution in [1.82, 2.24) is 4.90 Å². The molecule has 5 nitrogen and oxygen atoms in total. The number of nitrogens with two attached hydrogens (primary N) is 1. The predicted molar refractivity (Wildman–Crippen MR) is 73.4 cm³/mol. The molecule has 104 valence electrons. The summed E-state index contributed by atoms with van der Waals surface area (Å²) in [5, 5.41) is 0. The smallest absolute Gasteiger partial charge is 0.235 e. The molecule has 1 aliphatic rings. The summed E-state index contributed by atoms with van der Waals surface area (Å²) in [7, 11) is 1.76. The fraction of sp³-hybridized carbons (Fsp3) is 0.833. The molecule has 0 bridgehead atoms. The first-order valence-corrected chi connectivity index (χ1v) is 6.66. The van der Waals surface area contributed by atoms with Crippen molar-refractivity contribution in [3.8, 4) is 0 Å². The Morgan fingerprint density at radius 2 is 2.11 bits per heavy atom. The molecule has 0 aliphatic carbocycles. The molecule has 6 heteroatoms. The summed E-state index contributed by atoms with van der Waals surface area (Å²) in [6.07, 6.45) is 1.14. The first kappa shape index (κ1) is 15.3. The molecule has 18 heavy (non-hydrogen) atoms. The van der Waals surface area contributed by atoms with Gasteiger partial charge in [-0.3, -0.25) is 4.79 Å². The Morgan fingerprint density at radius 3 is 2.61 bits per heavy atom. The van der Waals surface area contributed by atoms with E-state index < -0.39 is 5.41 Å². The van der Waals surface area contributed by atoms with Gasteiger partial charge in [0.1, 0.15) is 5.41 Å². The molecule has 0 spiro atoms. The van der Waals surface area contributed by atoms with Crippen molar-refractivity contribution in [2.45, 2.75) is 19.8 Å². The van der Waals surface area contributed by atoms with Crippen molar-refractivity contribution in [3.05, 3.63) is 0 Å². The number of hydrogen-bond acceptors (Lipinski definition) is 4. The lowest BCUT2D eigenvalue weighted by molar-refractivity contribution is -0.141. The highest BCUT2D eigenvalue weighted by Gasteiger charge is 2.44. The van der Waals surface area contributed by atoms with Crippen molar-refractivity contribution in [2.75, 3.05) is 40.0 Å². The van der Waals surface area contributed by atoms with Crippen molar-refractivity contribution in [1.29, 1.82) is 0 Å². The zero-order valence-corrected chi connectivity index (χ0v) is 11.9. The van der Waals surface area contributed by atoms with Crippen LogP contribution >= 0.6 is 12.2 Å². The van der Waals surface area contributed by atoms with Gasteiger partial charge in [0.15, 0.2) is 0 Å². The van der Waals surface area contributed by atoms with Crippen LogP contribution in [0.25, 0.3) is 0 Å². The van der Waals surface area contributed by atoms with Crippen molar-refractivity contribution >= 4 is 23.1 Å². The SMILES string of the molecule is CCOCCN(C)C(=O)C1(C(N)=S)CCOCC1. The topological polar surface area (TPSA) is 64.8 Å². The van der Waals surface area contributed by atoms with Gasteiger partial charge in [0.25, 0.3) is 0 Å². The molecule has 1 heterocycles. The van der Waals surface area contributed by atoms with E-state index >= 15 is 0 Å². The molecule has 1 fully saturated rings. The lowest BCUT2D eigenvalue weighted by Crippen LogP contribution is -2.52. The minimum atomic E-state index is -0.728. The van der Waals surface area contributed by atoms with Gasteiger partial charge >= 0.3 is 0 Å². The number of rotatable bonds is 6. The Hall–Kier alpha value is -0.720. The van der Waals surface area contributed by atoms with Gasteiger partial charge in [-0.2, -0.15) is 0 Å². The van der Waals surface area contributed by atoms with Crippen LogP contribution < -0.4 is 5.73 Å². The molecule has 0 atom stereocenters. The first-order valence-electron chi connectivity index (χ1n) is 6.25. The number of carbonyl (C=O) groups excluding carboxylic acids is 1. The van der Waals surface area contributed by atoms with E-state index in [-0.39, 0.29) is 10.9 Å². The van der Waals surface area contributed by atoms with Gasteiger partial charge in [-0.25, -0.2) is 0 Å². The Morgan fingerprint density at radius 1 is 1.50 bits per heavy atom. The van der Waals surface area contributed by atoms with E-state index in [0.29, 0.717) is 45.8 Å². The van der Waals surface area contributed by atoms with Crippen LogP contribution in [0.3, 0.4) is 0 Å². The van der Waals surface area contributed by atoms with Gasteiger partial charge in [0, 0.05) is 33.4 Å². The third kappa shape index (κ3) is 3.40. The maximum absolute atomic E-state index is 12.5. The summed E-state index contributed by atoms with van der Waals surface area (Å²) >= 11 is 5.10. The van der Waals surface area contributed by atoms with E-state index in [2.05, 4.69) is 0 Å². The number of likely N-dealkylation sites (N-methyl/N-ethyl adjacent to an activating group) is 1. The Balaban J connectivity index is 2.67. The molecular formula is C12H22N2O3S. The Labute approximate surface area is 114 Å². The average molecular weight is 274 g/mol. The maximum atomic E-state index is 12.5. The zero-order valence-electron chi connectivity index (χ0n) is 11.1. The summed E-state index contributed by atoms with van der Waals surface area (Å²) < 4.78 is 10.5. The molecule has 1 aliphatic heterocycles. The first-order chi connectivity index (χ1) is 8.54. The number of carbonyl (C=O) groups is 1. The highest BCUT2D eigenvalue weighted by Crippen LogP contribution is 2.32. The van der Waals surface area contributed by atoms with Crippen LogP contribution in [0.2, 0.25) is 0 Å². The number of thiocarbonyl (C=S) groups is 1. The van der Waals surface area contributed by atoms with Crippen LogP contribution in [0.5, 0.6) is 0 Å².